The van der Waals surface area contributed by atoms with Crippen molar-refractivity contribution >= 4 is 35.2 Å². The summed E-state index contributed by atoms with van der Waals surface area (Å²) in [5.74, 6) is 0. The zero-order valence-electron chi connectivity index (χ0n) is 22.2. The lowest BCUT2D eigenvalue weighted by atomic mass is 9.83. The molecule has 38 heavy (non-hydrogen) atoms. The van der Waals surface area contributed by atoms with Crippen molar-refractivity contribution in [2.24, 2.45) is 0 Å². The number of anilines is 1. The number of aliphatic hydroxyl groups excluding tert-OH is 1. The van der Waals surface area contributed by atoms with E-state index in [1.54, 1.807) is 6.08 Å². The molecule has 2 unspecified atom stereocenters. The number of allylic oxidation sites excluding steroid dienone is 1. The van der Waals surface area contributed by atoms with Crippen LogP contribution in [-0.4, -0.2) is 35.3 Å². The van der Waals surface area contributed by atoms with E-state index in [1.165, 1.54) is 29.0 Å². The van der Waals surface area contributed by atoms with E-state index in [-0.39, 0.29) is 12.1 Å². The second kappa shape index (κ2) is 12.4. The Balaban J connectivity index is 1.84. The summed E-state index contributed by atoms with van der Waals surface area (Å²) in [4.78, 5) is 2.41. The van der Waals surface area contributed by atoms with Gasteiger partial charge in [0.1, 0.15) is 0 Å². The number of aliphatic hydroxyl groups is 2. The quantitative estimate of drug-likeness (QED) is 0.192. The molecule has 0 radical (unpaired) electrons. The average Bonchev–Trinajstić information content (AvgIpc) is 2.92. The number of rotatable bonds is 9. The van der Waals surface area contributed by atoms with Crippen LogP contribution in [0.25, 0.3) is 11.6 Å². The van der Waals surface area contributed by atoms with Crippen LogP contribution in [0.5, 0.6) is 0 Å². The first-order chi connectivity index (χ1) is 18.4. The van der Waals surface area contributed by atoms with Gasteiger partial charge in [0, 0.05) is 30.6 Å². The first-order valence-electron chi connectivity index (χ1n) is 13.1. The molecule has 0 fully saturated rings. The number of hydrogen-bond donors (Lipinski definition) is 4. The number of aryl methyl sites for hydroxylation is 1. The van der Waals surface area contributed by atoms with E-state index < -0.39 is 6.29 Å². The molecule has 0 amide bonds. The third kappa shape index (κ3) is 6.02. The van der Waals surface area contributed by atoms with Crippen LogP contribution in [0.15, 0.2) is 72.9 Å². The fraction of sp³-hybridized carbons (Fsp3) is 0.281. The predicted molar refractivity (Wildman–Crippen MR) is 159 cm³/mol. The van der Waals surface area contributed by atoms with Gasteiger partial charge in [-0.1, -0.05) is 73.1 Å². The van der Waals surface area contributed by atoms with E-state index in [1.807, 2.05) is 25.3 Å². The molecule has 6 heteroatoms. The van der Waals surface area contributed by atoms with Gasteiger partial charge in [-0.15, -0.1) is 0 Å². The zero-order valence-corrected chi connectivity index (χ0v) is 22.9. The van der Waals surface area contributed by atoms with Gasteiger partial charge in [-0.05, 0) is 78.3 Å². The number of halogens is 1. The normalized spacial score (nSPS) is 17.7. The summed E-state index contributed by atoms with van der Waals surface area (Å²) in [5.41, 5.74) is 8.57. The lowest BCUT2D eigenvalue weighted by Gasteiger charge is -2.44. The van der Waals surface area contributed by atoms with Crippen LogP contribution in [-0.2, 0) is 12.8 Å². The fourth-order valence-electron chi connectivity index (χ4n) is 5.15. The van der Waals surface area contributed by atoms with Crippen molar-refractivity contribution in [2.45, 2.75) is 52.0 Å². The highest BCUT2D eigenvalue weighted by molar-refractivity contribution is 6.33. The molecular weight excluding hydrogens is 494 g/mol. The van der Waals surface area contributed by atoms with Crippen LogP contribution >= 0.6 is 11.6 Å². The molecule has 198 valence electrons. The Bertz CT molecular complexity index is 1330. The van der Waals surface area contributed by atoms with Gasteiger partial charge in [0.25, 0.3) is 0 Å². The molecule has 1 aliphatic rings. The van der Waals surface area contributed by atoms with E-state index in [4.69, 9.17) is 17.0 Å². The van der Waals surface area contributed by atoms with Crippen LogP contribution < -0.4 is 10.2 Å². The van der Waals surface area contributed by atoms with Gasteiger partial charge in [-0.25, -0.2) is 0 Å². The summed E-state index contributed by atoms with van der Waals surface area (Å²) in [6, 6.07) is 21.1. The van der Waals surface area contributed by atoms with Crippen LogP contribution in [0.2, 0.25) is 5.02 Å². The molecule has 4 N–H and O–H groups in total. The van der Waals surface area contributed by atoms with Crippen LogP contribution in [0.4, 0.5) is 5.69 Å². The molecule has 0 spiro atoms. The maximum absolute atomic E-state index is 9.19. The maximum atomic E-state index is 9.19. The van der Waals surface area contributed by atoms with Gasteiger partial charge in [0.15, 0.2) is 6.29 Å². The van der Waals surface area contributed by atoms with Crippen molar-refractivity contribution in [3.05, 3.63) is 111 Å². The van der Waals surface area contributed by atoms with Gasteiger partial charge in [0.2, 0.25) is 0 Å². The highest BCUT2D eigenvalue weighted by Gasteiger charge is 2.34. The molecule has 5 nitrogen and oxygen atoms in total. The van der Waals surface area contributed by atoms with Crippen molar-refractivity contribution in [2.75, 3.05) is 11.4 Å². The minimum atomic E-state index is -1.48. The minimum absolute atomic E-state index is 0.0598. The number of benzene rings is 3. The molecule has 0 bridgehead atoms. The molecule has 4 rings (SSSR count). The molecule has 1 heterocycles. The second-order valence-electron chi connectivity index (χ2n) is 9.66. The standard InChI is InChI=1S/C32H36ClN3O2/c1-4-22-8-14-30(29(33)17-22)36-21(3)16-26-18-25(27(19-34)20-35-5-2)12-13-28(26)32(36)24-10-6-23(7-11-24)9-15-31(37)38/h6-15,17-21,31-32,34-35,37-38H,4-5,16H2,1-3H3/b15-9+,27-20+,34-19?. The molecule has 0 saturated heterocycles. The van der Waals surface area contributed by atoms with E-state index in [2.05, 4.69) is 72.6 Å². The Morgan fingerprint density at radius 2 is 1.87 bits per heavy atom. The lowest BCUT2D eigenvalue weighted by Crippen LogP contribution is -2.43. The van der Waals surface area contributed by atoms with Gasteiger partial charge >= 0.3 is 0 Å². The summed E-state index contributed by atoms with van der Waals surface area (Å²) >= 11 is 6.88. The smallest absolute Gasteiger partial charge is 0.171 e. The largest absolute Gasteiger partial charge is 0.391 e. The molecule has 3 aromatic rings. The minimum Gasteiger partial charge on any atom is -0.391 e. The summed E-state index contributed by atoms with van der Waals surface area (Å²) < 4.78 is 0. The molecule has 3 aromatic carbocycles. The van der Waals surface area contributed by atoms with Crippen LogP contribution in [0.3, 0.4) is 0 Å². The highest BCUT2D eigenvalue weighted by atomic mass is 35.5. The van der Waals surface area contributed by atoms with Crippen LogP contribution in [0.1, 0.15) is 60.2 Å². The topological polar surface area (TPSA) is 79.6 Å². The third-order valence-corrected chi connectivity index (χ3v) is 7.37. The van der Waals surface area contributed by atoms with Gasteiger partial charge < -0.3 is 25.8 Å². The van der Waals surface area contributed by atoms with E-state index in [9.17, 15) is 10.2 Å². The van der Waals surface area contributed by atoms with Crippen molar-refractivity contribution in [1.29, 1.82) is 5.41 Å². The summed E-state index contributed by atoms with van der Waals surface area (Å²) in [6.45, 7) is 7.20. The maximum Gasteiger partial charge on any atom is 0.171 e. The van der Waals surface area contributed by atoms with E-state index in [0.29, 0.717) is 0 Å². The lowest BCUT2D eigenvalue weighted by molar-refractivity contribution is 0.00303. The van der Waals surface area contributed by atoms with Crippen molar-refractivity contribution in [3.63, 3.8) is 0 Å². The summed E-state index contributed by atoms with van der Waals surface area (Å²) in [5, 5.41) is 30.3. The first kappa shape index (κ1) is 27.6. The highest BCUT2D eigenvalue weighted by Crippen LogP contribution is 2.44. The van der Waals surface area contributed by atoms with Crippen LogP contribution in [0, 0.1) is 5.41 Å². The van der Waals surface area contributed by atoms with E-state index >= 15 is 0 Å². The number of hydrogen-bond acceptors (Lipinski definition) is 5. The molecule has 2 atom stereocenters. The van der Waals surface area contributed by atoms with Gasteiger partial charge in [0.05, 0.1) is 16.8 Å². The summed E-state index contributed by atoms with van der Waals surface area (Å²) in [6.07, 6.45) is 6.64. The Hall–Kier alpha value is -3.38. The molecular formula is C32H36ClN3O2. The Labute approximate surface area is 230 Å². The Morgan fingerprint density at radius 1 is 1.11 bits per heavy atom. The number of fused-ring (bicyclic) bond motifs is 1. The second-order valence-corrected chi connectivity index (χ2v) is 10.1. The fourth-order valence-corrected chi connectivity index (χ4v) is 5.45. The third-order valence-electron chi connectivity index (χ3n) is 7.07. The predicted octanol–water partition coefficient (Wildman–Crippen LogP) is 6.37. The van der Waals surface area contributed by atoms with E-state index in [0.717, 1.165) is 52.4 Å². The molecule has 0 aliphatic carbocycles. The number of nitrogens with one attached hydrogen (secondary N) is 2. The molecule has 0 aromatic heterocycles. The first-order valence-corrected chi connectivity index (χ1v) is 13.5. The zero-order chi connectivity index (χ0) is 27.2. The van der Waals surface area contributed by atoms with Crippen molar-refractivity contribution < 1.29 is 10.2 Å². The monoisotopic (exact) mass is 529 g/mol. The SMILES string of the molecule is CCN/C=C(\C=N)c1ccc2c(c1)CC(C)N(c1ccc(CC)cc1Cl)C2c1ccc(/C=C/C(O)O)cc1. The molecule has 0 saturated carbocycles. The van der Waals surface area contributed by atoms with Crippen molar-refractivity contribution in [3.8, 4) is 0 Å². The summed E-state index contributed by atoms with van der Waals surface area (Å²) in [7, 11) is 0. The average molecular weight is 530 g/mol. The van der Waals surface area contributed by atoms with Crippen molar-refractivity contribution in [1.82, 2.24) is 5.32 Å². The van der Waals surface area contributed by atoms with Gasteiger partial charge in [-0.2, -0.15) is 0 Å². The Kier molecular flexibility index (Phi) is 9.05. The molecule has 1 aliphatic heterocycles. The number of nitrogens with zero attached hydrogens (tertiary/aromatic N) is 1. The Morgan fingerprint density at radius 3 is 2.50 bits per heavy atom. The van der Waals surface area contributed by atoms with Gasteiger partial charge in [-0.3, -0.25) is 0 Å².